The summed E-state index contributed by atoms with van der Waals surface area (Å²) in [4.78, 5) is 24.9. The molecule has 5 nitrogen and oxygen atoms in total. The number of halogens is 4. The van der Waals surface area contributed by atoms with Gasteiger partial charge in [0.2, 0.25) is 5.91 Å². The highest BCUT2D eigenvalue weighted by molar-refractivity contribution is 8.00. The Kier molecular flexibility index (Phi) is 6.46. The van der Waals surface area contributed by atoms with Crippen LogP contribution in [0.15, 0.2) is 58.0 Å². The number of rotatable bonds is 6. The van der Waals surface area contributed by atoms with Gasteiger partial charge in [-0.15, -0.1) is 11.8 Å². The van der Waals surface area contributed by atoms with Crippen molar-refractivity contribution in [3.63, 3.8) is 0 Å². The molecule has 0 aliphatic rings. The zero-order chi connectivity index (χ0) is 21.8. The second-order valence-corrected chi connectivity index (χ2v) is 7.47. The molecule has 0 bridgehead atoms. The fourth-order valence-corrected chi connectivity index (χ4v) is 3.34. The molecule has 1 atom stereocenters. The molecule has 0 saturated carbocycles. The molecule has 10 heteroatoms. The highest BCUT2D eigenvalue weighted by Crippen LogP contribution is 2.29. The average molecular weight is 438 g/mol. The molecule has 2 amide bonds. The van der Waals surface area contributed by atoms with Crippen LogP contribution in [0, 0.1) is 23.3 Å². The highest BCUT2D eigenvalue weighted by Gasteiger charge is 2.23. The monoisotopic (exact) mass is 438 g/mol. The molecular weight excluding hydrogens is 424 g/mol. The first-order valence-electron chi connectivity index (χ1n) is 8.51. The van der Waals surface area contributed by atoms with Crippen molar-refractivity contribution in [2.24, 2.45) is 0 Å². The van der Waals surface area contributed by atoms with Crippen molar-refractivity contribution in [3.05, 3.63) is 77.8 Å². The molecule has 156 valence electrons. The first kappa shape index (κ1) is 21.4. The first-order valence-corrected chi connectivity index (χ1v) is 9.39. The minimum Gasteiger partial charge on any atom is -0.459 e. The summed E-state index contributed by atoms with van der Waals surface area (Å²) in [6, 6.07) is 9.60. The molecule has 0 aliphatic carbocycles. The number of carbonyl (C=O) groups excluding carboxylic acids is 2. The summed E-state index contributed by atoms with van der Waals surface area (Å²) in [6.45, 7) is 1.44. The number of nitrogens with one attached hydrogen (secondary N) is 2. The van der Waals surface area contributed by atoms with Crippen molar-refractivity contribution in [3.8, 4) is 0 Å². The van der Waals surface area contributed by atoms with E-state index in [0.717, 1.165) is 11.8 Å². The van der Waals surface area contributed by atoms with Crippen LogP contribution >= 0.6 is 11.8 Å². The molecule has 0 fully saturated rings. The van der Waals surface area contributed by atoms with Crippen LogP contribution in [0.4, 0.5) is 28.9 Å². The van der Waals surface area contributed by atoms with Crippen LogP contribution in [0.1, 0.15) is 17.5 Å². The first-order chi connectivity index (χ1) is 14.3. The van der Waals surface area contributed by atoms with Crippen LogP contribution in [0.5, 0.6) is 0 Å². The number of carbonyl (C=O) groups is 2. The summed E-state index contributed by atoms with van der Waals surface area (Å²) in [6.07, 6.45) is 1.36. The Morgan fingerprint density at radius 3 is 2.30 bits per heavy atom. The third kappa shape index (κ3) is 4.82. The summed E-state index contributed by atoms with van der Waals surface area (Å²) in [5.41, 5.74) is -0.761. The van der Waals surface area contributed by atoms with Crippen molar-refractivity contribution in [2.75, 3.05) is 10.6 Å². The van der Waals surface area contributed by atoms with E-state index in [9.17, 15) is 27.2 Å². The van der Waals surface area contributed by atoms with Crippen LogP contribution < -0.4 is 10.6 Å². The molecule has 1 heterocycles. The lowest BCUT2D eigenvalue weighted by Gasteiger charge is -2.14. The maximum Gasteiger partial charge on any atom is 0.291 e. The fourth-order valence-electron chi connectivity index (χ4n) is 2.41. The topological polar surface area (TPSA) is 71.3 Å². The summed E-state index contributed by atoms with van der Waals surface area (Å²) in [5, 5.41) is 3.62. The SMILES string of the molecule is CC(Sc1cccc(NC(=O)c2ccco2)c1)C(=O)Nc1c(F)c(F)cc(F)c1F. The maximum absolute atomic E-state index is 13.7. The third-order valence-electron chi connectivity index (χ3n) is 3.88. The van der Waals surface area contributed by atoms with E-state index >= 15 is 0 Å². The second-order valence-electron chi connectivity index (χ2n) is 6.05. The van der Waals surface area contributed by atoms with Gasteiger partial charge in [-0.05, 0) is 37.3 Å². The largest absolute Gasteiger partial charge is 0.459 e. The summed E-state index contributed by atoms with van der Waals surface area (Å²) in [5.74, 6) is -7.84. The Morgan fingerprint density at radius 1 is 0.967 bits per heavy atom. The molecule has 0 aliphatic heterocycles. The van der Waals surface area contributed by atoms with E-state index in [0.29, 0.717) is 10.6 Å². The molecule has 3 rings (SSSR count). The molecule has 30 heavy (non-hydrogen) atoms. The van der Waals surface area contributed by atoms with Crippen molar-refractivity contribution < 1.29 is 31.6 Å². The van der Waals surface area contributed by atoms with E-state index in [4.69, 9.17) is 4.42 Å². The Morgan fingerprint density at radius 2 is 1.67 bits per heavy atom. The molecule has 0 spiro atoms. The molecule has 3 aromatic rings. The van der Waals surface area contributed by atoms with E-state index in [1.54, 1.807) is 30.3 Å². The zero-order valence-electron chi connectivity index (χ0n) is 15.3. The van der Waals surface area contributed by atoms with Crippen molar-refractivity contribution in [2.45, 2.75) is 17.1 Å². The number of amides is 2. The molecule has 1 unspecified atom stereocenters. The average Bonchev–Trinajstić information content (AvgIpc) is 3.25. The van der Waals surface area contributed by atoms with Gasteiger partial charge in [0, 0.05) is 16.6 Å². The predicted molar refractivity (Wildman–Crippen MR) is 103 cm³/mol. The lowest BCUT2D eigenvalue weighted by molar-refractivity contribution is -0.115. The van der Waals surface area contributed by atoms with Crippen molar-refractivity contribution >= 4 is 35.0 Å². The van der Waals surface area contributed by atoms with Crippen molar-refractivity contribution in [1.29, 1.82) is 0 Å². The maximum atomic E-state index is 13.7. The normalized spacial score (nSPS) is 11.8. The summed E-state index contributed by atoms with van der Waals surface area (Å²) in [7, 11) is 0. The highest BCUT2D eigenvalue weighted by atomic mass is 32.2. The van der Waals surface area contributed by atoms with E-state index < -0.39 is 46.0 Å². The number of hydrogen-bond acceptors (Lipinski definition) is 4. The molecular formula is C20H14F4N2O3S. The van der Waals surface area contributed by atoms with Crippen LogP contribution in [0.2, 0.25) is 0 Å². The van der Waals surface area contributed by atoms with Gasteiger partial charge in [0.05, 0.1) is 11.5 Å². The molecule has 0 saturated heterocycles. The second kappa shape index (κ2) is 9.04. The van der Waals surface area contributed by atoms with Crippen LogP contribution in [0.25, 0.3) is 0 Å². The van der Waals surface area contributed by atoms with Gasteiger partial charge >= 0.3 is 0 Å². The Labute approximate surface area is 172 Å². The van der Waals surface area contributed by atoms with Crippen LogP contribution in [-0.4, -0.2) is 17.1 Å². The number of thioether (sulfide) groups is 1. The minimum absolute atomic E-state index is 0.0566. The smallest absolute Gasteiger partial charge is 0.291 e. The van der Waals surface area contributed by atoms with Gasteiger partial charge in [0.25, 0.3) is 5.91 Å². The zero-order valence-corrected chi connectivity index (χ0v) is 16.2. The summed E-state index contributed by atoms with van der Waals surface area (Å²) >= 11 is 1.01. The lowest BCUT2D eigenvalue weighted by Crippen LogP contribution is -2.24. The molecule has 1 aromatic heterocycles. The van der Waals surface area contributed by atoms with Gasteiger partial charge in [0.15, 0.2) is 29.0 Å². The van der Waals surface area contributed by atoms with E-state index in [1.165, 1.54) is 19.3 Å². The lowest BCUT2D eigenvalue weighted by atomic mass is 10.2. The summed E-state index contributed by atoms with van der Waals surface area (Å²) < 4.78 is 59.0. The van der Waals surface area contributed by atoms with Gasteiger partial charge in [-0.3, -0.25) is 9.59 Å². The van der Waals surface area contributed by atoms with E-state index in [2.05, 4.69) is 5.32 Å². The van der Waals surface area contributed by atoms with Gasteiger partial charge < -0.3 is 15.1 Å². The Hall–Kier alpha value is -3.27. The number of furan rings is 1. The van der Waals surface area contributed by atoms with Crippen LogP contribution in [-0.2, 0) is 4.79 Å². The number of hydrogen-bond donors (Lipinski definition) is 2. The third-order valence-corrected chi connectivity index (χ3v) is 4.97. The molecule has 2 N–H and O–H groups in total. The van der Waals surface area contributed by atoms with E-state index in [-0.39, 0.29) is 11.8 Å². The Bertz CT molecular complexity index is 1060. The fraction of sp³-hybridized carbons (Fsp3) is 0.100. The van der Waals surface area contributed by atoms with E-state index in [1.807, 2.05) is 5.32 Å². The van der Waals surface area contributed by atoms with Gasteiger partial charge in [0.1, 0.15) is 5.69 Å². The number of anilines is 2. The van der Waals surface area contributed by atoms with Crippen molar-refractivity contribution in [1.82, 2.24) is 0 Å². The molecule has 0 radical (unpaired) electrons. The standard InChI is InChI=1S/C20H14F4N2O3S/c1-10(19(27)26-18-16(23)13(21)9-14(22)17(18)24)30-12-5-2-4-11(8-12)25-20(28)15-6-3-7-29-15/h2-10H,1H3,(H,25,28)(H,26,27). The number of benzene rings is 2. The van der Waals surface area contributed by atoms with Gasteiger partial charge in [-0.2, -0.15) is 0 Å². The molecule has 2 aromatic carbocycles. The van der Waals surface area contributed by atoms with Gasteiger partial charge in [-0.25, -0.2) is 17.6 Å². The van der Waals surface area contributed by atoms with Gasteiger partial charge in [-0.1, -0.05) is 6.07 Å². The Balaban J connectivity index is 1.68. The predicted octanol–water partition coefficient (Wildman–Crippen LogP) is 5.21. The minimum atomic E-state index is -1.69. The van der Waals surface area contributed by atoms with Crippen LogP contribution in [0.3, 0.4) is 0 Å². The quantitative estimate of drug-likeness (QED) is 0.315.